The van der Waals surface area contributed by atoms with Crippen molar-refractivity contribution in [2.45, 2.75) is 25.6 Å². The van der Waals surface area contributed by atoms with Crippen LogP contribution in [0, 0.1) is 12.7 Å². The van der Waals surface area contributed by atoms with Crippen LogP contribution in [0.15, 0.2) is 24.4 Å². The second-order valence-corrected chi connectivity index (χ2v) is 4.88. The van der Waals surface area contributed by atoms with Gasteiger partial charge in [0.05, 0.1) is 11.8 Å². The standard InChI is InChI=1S/C14H15FN2O2/c1-8-11(7-17(2)16-8)14-6-12(18)10-4-3-9(15)5-13(10)19-14/h3-5,7,12,14,18H,6H2,1-2H3. The molecular weight excluding hydrogens is 247 g/mol. The highest BCUT2D eigenvalue weighted by molar-refractivity contribution is 5.39. The van der Waals surface area contributed by atoms with Gasteiger partial charge in [-0.25, -0.2) is 4.39 Å². The maximum absolute atomic E-state index is 13.3. The van der Waals surface area contributed by atoms with Gasteiger partial charge in [-0.1, -0.05) is 0 Å². The zero-order chi connectivity index (χ0) is 13.6. The third-order valence-electron chi connectivity index (χ3n) is 3.44. The molecule has 1 aromatic carbocycles. The summed E-state index contributed by atoms with van der Waals surface area (Å²) >= 11 is 0. The van der Waals surface area contributed by atoms with Crippen LogP contribution in [0.25, 0.3) is 0 Å². The van der Waals surface area contributed by atoms with Gasteiger partial charge in [0.15, 0.2) is 0 Å². The summed E-state index contributed by atoms with van der Waals surface area (Å²) in [7, 11) is 1.84. The molecule has 2 heterocycles. The number of ether oxygens (including phenoxy) is 1. The van der Waals surface area contributed by atoms with Crippen molar-refractivity contribution >= 4 is 0 Å². The summed E-state index contributed by atoms with van der Waals surface area (Å²) in [5.41, 5.74) is 2.43. The summed E-state index contributed by atoms with van der Waals surface area (Å²) in [6.45, 7) is 1.90. The molecule has 0 saturated heterocycles. The number of hydrogen-bond acceptors (Lipinski definition) is 3. The molecule has 0 aliphatic carbocycles. The highest BCUT2D eigenvalue weighted by Crippen LogP contribution is 2.41. The molecular formula is C14H15FN2O2. The maximum Gasteiger partial charge on any atom is 0.130 e. The largest absolute Gasteiger partial charge is 0.485 e. The predicted octanol–water partition coefficient (Wildman–Crippen LogP) is 2.42. The average molecular weight is 262 g/mol. The Morgan fingerprint density at radius 1 is 1.42 bits per heavy atom. The summed E-state index contributed by atoms with van der Waals surface area (Å²) < 4.78 is 20.8. The van der Waals surface area contributed by atoms with E-state index in [-0.39, 0.29) is 11.9 Å². The first-order chi connectivity index (χ1) is 9.04. The summed E-state index contributed by atoms with van der Waals surface area (Å²) in [5, 5.41) is 14.4. The first-order valence-electron chi connectivity index (χ1n) is 6.19. The molecule has 2 aromatic rings. The molecule has 2 unspecified atom stereocenters. The molecule has 4 nitrogen and oxygen atoms in total. The minimum Gasteiger partial charge on any atom is -0.485 e. The third kappa shape index (κ3) is 2.10. The molecule has 3 rings (SSSR count). The fourth-order valence-corrected chi connectivity index (χ4v) is 2.54. The fourth-order valence-electron chi connectivity index (χ4n) is 2.54. The van der Waals surface area contributed by atoms with Crippen LogP contribution in [0.3, 0.4) is 0 Å². The van der Waals surface area contributed by atoms with Gasteiger partial charge in [-0.15, -0.1) is 0 Å². The Morgan fingerprint density at radius 2 is 2.21 bits per heavy atom. The molecule has 2 atom stereocenters. The first-order valence-corrected chi connectivity index (χ1v) is 6.19. The highest BCUT2D eigenvalue weighted by Gasteiger charge is 2.30. The van der Waals surface area contributed by atoms with Crippen LogP contribution in [0.2, 0.25) is 0 Å². The number of benzene rings is 1. The van der Waals surface area contributed by atoms with Crippen LogP contribution in [0.4, 0.5) is 4.39 Å². The lowest BCUT2D eigenvalue weighted by molar-refractivity contribution is 0.0650. The van der Waals surface area contributed by atoms with Gasteiger partial charge in [-0.2, -0.15) is 5.10 Å². The summed E-state index contributed by atoms with van der Waals surface area (Å²) in [6.07, 6.45) is 1.38. The van der Waals surface area contributed by atoms with E-state index >= 15 is 0 Å². The third-order valence-corrected chi connectivity index (χ3v) is 3.44. The fraction of sp³-hybridized carbons (Fsp3) is 0.357. The quantitative estimate of drug-likeness (QED) is 0.858. The lowest BCUT2D eigenvalue weighted by atomic mass is 9.95. The van der Waals surface area contributed by atoms with E-state index in [4.69, 9.17) is 4.74 Å². The van der Waals surface area contributed by atoms with Crippen molar-refractivity contribution in [2.75, 3.05) is 0 Å². The van der Waals surface area contributed by atoms with Gasteiger partial charge in [0.1, 0.15) is 17.7 Å². The normalized spacial score (nSPS) is 21.9. The van der Waals surface area contributed by atoms with E-state index in [2.05, 4.69) is 5.10 Å². The van der Waals surface area contributed by atoms with Gasteiger partial charge in [-0.3, -0.25) is 4.68 Å². The molecule has 1 N–H and O–H groups in total. The van der Waals surface area contributed by atoms with Gasteiger partial charge in [0.25, 0.3) is 0 Å². The Bertz CT molecular complexity index is 624. The number of aliphatic hydroxyl groups excluding tert-OH is 1. The van der Waals surface area contributed by atoms with Crippen LogP contribution >= 0.6 is 0 Å². The number of rotatable bonds is 1. The van der Waals surface area contributed by atoms with Crippen LogP contribution < -0.4 is 4.74 Å². The molecule has 1 aliphatic rings. The summed E-state index contributed by atoms with van der Waals surface area (Å²) in [4.78, 5) is 0. The van der Waals surface area contributed by atoms with Crippen molar-refractivity contribution in [3.63, 3.8) is 0 Å². The van der Waals surface area contributed by atoms with E-state index < -0.39 is 6.10 Å². The Balaban J connectivity index is 1.98. The Hall–Kier alpha value is -1.88. The van der Waals surface area contributed by atoms with E-state index in [9.17, 15) is 9.50 Å². The van der Waals surface area contributed by atoms with Crippen LogP contribution in [-0.4, -0.2) is 14.9 Å². The van der Waals surface area contributed by atoms with Crippen molar-refractivity contribution < 1.29 is 14.2 Å². The Labute approximate surface area is 110 Å². The second kappa shape index (κ2) is 4.35. The summed E-state index contributed by atoms with van der Waals surface area (Å²) in [6, 6.07) is 4.22. The maximum atomic E-state index is 13.3. The molecule has 0 saturated carbocycles. The molecule has 100 valence electrons. The number of aliphatic hydroxyl groups is 1. The Morgan fingerprint density at radius 3 is 2.89 bits per heavy atom. The van der Waals surface area contributed by atoms with Gasteiger partial charge >= 0.3 is 0 Å². The lowest BCUT2D eigenvalue weighted by Crippen LogP contribution is -2.19. The molecule has 0 radical (unpaired) electrons. The Kier molecular flexibility index (Phi) is 2.78. The van der Waals surface area contributed by atoms with Crippen molar-refractivity contribution in [1.29, 1.82) is 0 Å². The summed E-state index contributed by atoms with van der Waals surface area (Å²) in [5.74, 6) is 0.0431. The van der Waals surface area contributed by atoms with E-state index in [1.165, 1.54) is 12.1 Å². The van der Waals surface area contributed by atoms with Crippen LogP contribution in [0.5, 0.6) is 5.75 Å². The smallest absolute Gasteiger partial charge is 0.130 e. The molecule has 1 aliphatic heterocycles. The number of aryl methyl sites for hydroxylation is 2. The molecule has 0 bridgehead atoms. The minimum atomic E-state index is -0.644. The van der Waals surface area contributed by atoms with Gasteiger partial charge in [0.2, 0.25) is 0 Å². The van der Waals surface area contributed by atoms with E-state index in [1.807, 2.05) is 20.2 Å². The molecule has 0 spiro atoms. The number of hydrogen-bond donors (Lipinski definition) is 1. The monoisotopic (exact) mass is 262 g/mol. The van der Waals surface area contributed by atoms with Crippen molar-refractivity contribution in [1.82, 2.24) is 9.78 Å². The average Bonchev–Trinajstić information content (AvgIpc) is 2.67. The number of halogens is 1. The van der Waals surface area contributed by atoms with Crippen LogP contribution in [-0.2, 0) is 7.05 Å². The molecule has 19 heavy (non-hydrogen) atoms. The number of aromatic nitrogens is 2. The van der Waals surface area contributed by atoms with Crippen molar-refractivity contribution in [2.24, 2.45) is 7.05 Å². The van der Waals surface area contributed by atoms with Crippen LogP contribution in [0.1, 0.15) is 35.4 Å². The van der Waals surface area contributed by atoms with Gasteiger partial charge in [-0.05, 0) is 19.1 Å². The lowest BCUT2D eigenvalue weighted by Gasteiger charge is -2.29. The predicted molar refractivity (Wildman–Crippen MR) is 67.3 cm³/mol. The number of nitrogens with zero attached hydrogens (tertiary/aromatic N) is 2. The van der Waals surface area contributed by atoms with Gasteiger partial charge in [0, 0.05) is 36.9 Å². The SMILES string of the molecule is Cc1nn(C)cc1C1CC(O)c2ccc(F)cc2O1. The highest BCUT2D eigenvalue weighted by atomic mass is 19.1. The van der Waals surface area contributed by atoms with Gasteiger partial charge < -0.3 is 9.84 Å². The van der Waals surface area contributed by atoms with Crippen molar-refractivity contribution in [3.05, 3.63) is 47.0 Å². The van der Waals surface area contributed by atoms with E-state index in [0.717, 1.165) is 11.3 Å². The van der Waals surface area contributed by atoms with Crippen molar-refractivity contribution in [3.8, 4) is 5.75 Å². The molecule has 1 aromatic heterocycles. The second-order valence-electron chi connectivity index (χ2n) is 4.88. The zero-order valence-corrected chi connectivity index (χ0v) is 10.8. The zero-order valence-electron chi connectivity index (χ0n) is 10.8. The molecule has 5 heteroatoms. The minimum absolute atomic E-state index is 0.294. The van der Waals surface area contributed by atoms with E-state index in [1.54, 1.807) is 10.7 Å². The molecule has 0 fully saturated rings. The first kappa shape index (κ1) is 12.2. The van der Waals surface area contributed by atoms with E-state index in [0.29, 0.717) is 17.7 Å². The number of fused-ring (bicyclic) bond motifs is 1. The molecule has 0 amide bonds. The topological polar surface area (TPSA) is 47.3 Å².